The number of aromatic nitrogens is 2. The van der Waals surface area contributed by atoms with Crippen LogP contribution in [-0.4, -0.2) is 38.6 Å². The van der Waals surface area contributed by atoms with Crippen molar-refractivity contribution in [3.8, 4) is 12.3 Å². The van der Waals surface area contributed by atoms with Gasteiger partial charge in [-0.1, -0.05) is 5.92 Å². The van der Waals surface area contributed by atoms with Crippen LogP contribution in [-0.2, 0) is 4.74 Å². The van der Waals surface area contributed by atoms with Gasteiger partial charge in [-0.25, -0.2) is 4.79 Å². The lowest BCUT2D eigenvalue weighted by atomic mass is 10.1. The highest BCUT2D eigenvalue weighted by molar-refractivity contribution is 5.42. The number of rotatable bonds is 3. The first-order valence-corrected chi connectivity index (χ1v) is 6.02. The first-order chi connectivity index (χ1) is 9.47. The van der Waals surface area contributed by atoms with Crippen molar-refractivity contribution in [2.45, 2.75) is 30.9 Å². The zero-order valence-electron chi connectivity index (χ0n) is 10.6. The van der Waals surface area contributed by atoms with Gasteiger partial charge in [0.2, 0.25) is 0 Å². The molecule has 4 atom stereocenters. The number of anilines is 1. The largest absolute Gasteiger partial charge is 0.394 e. The summed E-state index contributed by atoms with van der Waals surface area (Å²) in [6, 6.07) is -0.797. The second-order valence-electron chi connectivity index (χ2n) is 4.53. The fourth-order valence-corrected chi connectivity index (χ4v) is 2.08. The minimum atomic E-state index is -0.862. The Morgan fingerprint density at radius 1 is 1.70 bits per heavy atom. The van der Waals surface area contributed by atoms with Crippen molar-refractivity contribution >= 4 is 5.82 Å². The molecule has 0 saturated carbocycles. The maximum Gasteiger partial charge on any atom is 0.351 e. The minimum Gasteiger partial charge on any atom is -0.394 e. The molecule has 8 nitrogen and oxygen atoms in total. The molecule has 108 valence electrons. The molecule has 8 heteroatoms. The third kappa shape index (κ3) is 2.52. The highest BCUT2D eigenvalue weighted by atomic mass is 16.5. The molecule has 1 aromatic rings. The van der Waals surface area contributed by atoms with Crippen LogP contribution in [0, 0.1) is 12.3 Å². The van der Waals surface area contributed by atoms with E-state index in [1.54, 1.807) is 0 Å². The number of aliphatic hydroxyl groups is 2. The second-order valence-corrected chi connectivity index (χ2v) is 4.53. The molecule has 6 N–H and O–H groups in total. The van der Waals surface area contributed by atoms with Crippen LogP contribution in [0.2, 0.25) is 0 Å². The Labute approximate surface area is 115 Å². The van der Waals surface area contributed by atoms with Crippen LogP contribution < -0.4 is 17.2 Å². The van der Waals surface area contributed by atoms with Crippen LogP contribution >= 0.6 is 0 Å². The molecule has 1 fully saturated rings. The molecule has 20 heavy (non-hydrogen) atoms. The molecule has 0 spiro atoms. The summed E-state index contributed by atoms with van der Waals surface area (Å²) in [6.45, 7) is -0.342. The summed E-state index contributed by atoms with van der Waals surface area (Å²) in [4.78, 5) is 15.5. The van der Waals surface area contributed by atoms with Gasteiger partial charge in [0.05, 0.1) is 18.8 Å². The molecule has 1 aromatic heterocycles. The van der Waals surface area contributed by atoms with Crippen molar-refractivity contribution in [2.24, 2.45) is 5.73 Å². The first kappa shape index (κ1) is 14.5. The lowest BCUT2D eigenvalue weighted by molar-refractivity contribution is -0.0459. The van der Waals surface area contributed by atoms with E-state index in [1.807, 2.05) is 0 Å². The number of ether oxygens (including phenoxy) is 1. The summed E-state index contributed by atoms with van der Waals surface area (Å²) in [5.41, 5.74) is 11.0. The van der Waals surface area contributed by atoms with Crippen molar-refractivity contribution in [1.82, 2.24) is 9.55 Å². The van der Waals surface area contributed by atoms with Crippen LogP contribution in [0.1, 0.15) is 24.3 Å². The van der Waals surface area contributed by atoms with Crippen molar-refractivity contribution in [3.05, 3.63) is 22.2 Å². The quantitative estimate of drug-likeness (QED) is 0.474. The van der Waals surface area contributed by atoms with Gasteiger partial charge in [0, 0.05) is 18.2 Å². The lowest BCUT2D eigenvalue weighted by Gasteiger charge is -2.17. The zero-order chi connectivity index (χ0) is 14.9. The summed E-state index contributed by atoms with van der Waals surface area (Å²) in [6.07, 6.45) is 4.42. The van der Waals surface area contributed by atoms with Gasteiger partial charge in [-0.2, -0.15) is 4.98 Å². The number of aliphatic hydroxyl groups excluding tert-OH is 2. The van der Waals surface area contributed by atoms with Gasteiger partial charge < -0.3 is 26.4 Å². The standard InChI is InChI=1S/C12H16N4O4/c1-2-7(13)6-4-16(12(19)15-11(6)14)10-3-8(18)9(5-17)20-10/h1,4,7-10,17-18H,3,5,13H2,(H2,14,15,19)/t7?,8?,9-,10-/m1/s1. The number of terminal acetylenes is 1. The number of nitrogens with two attached hydrogens (primary N) is 2. The summed E-state index contributed by atoms with van der Waals surface area (Å²) in [5, 5.41) is 18.7. The normalized spacial score (nSPS) is 27.2. The molecular weight excluding hydrogens is 264 g/mol. The molecular formula is C12H16N4O4. The number of nitrogens with zero attached hydrogens (tertiary/aromatic N) is 2. The number of hydrogen-bond donors (Lipinski definition) is 4. The predicted octanol–water partition coefficient (Wildman–Crippen LogP) is -1.90. The third-order valence-corrected chi connectivity index (χ3v) is 3.22. The predicted molar refractivity (Wildman–Crippen MR) is 70.3 cm³/mol. The van der Waals surface area contributed by atoms with Gasteiger partial charge in [-0.15, -0.1) is 6.42 Å². The van der Waals surface area contributed by atoms with E-state index >= 15 is 0 Å². The Bertz CT molecular complexity index is 594. The van der Waals surface area contributed by atoms with Gasteiger partial charge in [0.15, 0.2) is 0 Å². The molecule has 2 heterocycles. The fourth-order valence-electron chi connectivity index (χ4n) is 2.08. The van der Waals surface area contributed by atoms with E-state index < -0.39 is 30.2 Å². The molecule has 1 saturated heterocycles. The highest BCUT2D eigenvalue weighted by Crippen LogP contribution is 2.28. The third-order valence-electron chi connectivity index (χ3n) is 3.22. The number of hydrogen-bond acceptors (Lipinski definition) is 7. The van der Waals surface area contributed by atoms with E-state index in [0.29, 0.717) is 5.56 Å². The van der Waals surface area contributed by atoms with E-state index in [1.165, 1.54) is 10.8 Å². The zero-order valence-corrected chi connectivity index (χ0v) is 10.6. The second kappa shape index (κ2) is 5.60. The minimum absolute atomic E-state index is 0.0334. The van der Waals surface area contributed by atoms with Gasteiger partial charge in [-0.3, -0.25) is 4.57 Å². The Morgan fingerprint density at radius 3 is 2.95 bits per heavy atom. The summed E-state index contributed by atoms with van der Waals surface area (Å²) in [7, 11) is 0. The highest BCUT2D eigenvalue weighted by Gasteiger charge is 2.35. The number of nitrogen functional groups attached to an aromatic ring is 1. The summed E-state index contributed by atoms with van der Waals surface area (Å²) >= 11 is 0. The Morgan fingerprint density at radius 2 is 2.40 bits per heavy atom. The van der Waals surface area contributed by atoms with Gasteiger partial charge in [0.1, 0.15) is 18.1 Å². The van der Waals surface area contributed by atoms with Crippen molar-refractivity contribution < 1.29 is 14.9 Å². The van der Waals surface area contributed by atoms with Crippen LogP contribution in [0.15, 0.2) is 11.0 Å². The van der Waals surface area contributed by atoms with Crippen LogP contribution in [0.5, 0.6) is 0 Å². The molecule has 2 unspecified atom stereocenters. The van der Waals surface area contributed by atoms with Crippen molar-refractivity contribution in [2.75, 3.05) is 12.3 Å². The molecule has 1 aliphatic rings. The van der Waals surface area contributed by atoms with E-state index in [0.717, 1.165) is 0 Å². The average molecular weight is 280 g/mol. The van der Waals surface area contributed by atoms with Crippen LogP contribution in [0.3, 0.4) is 0 Å². The Balaban J connectivity index is 2.38. The van der Waals surface area contributed by atoms with E-state index in [4.69, 9.17) is 27.7 Å². The maximum absolute atomic E-state index is 11.8. The lowest BCUT2D eigenvalue weighted by Crippen LogP contribution is -2.30. The smallest absolute Gasteiger partial charge is 0.351 e. The molecule has 2 rings (SSSR count). The van der Waals surface area contributed by atoms with Gasteiger partial charge >= 0.3 is 5.69 Å². The topological polar surface area (TPSA) is 137 Å². The summed E-state index contributed by atoms with van der Waals surface area (Å²) in [5.74, 6) is 2.27. The Hall–Kier alpha value is -1.92. The first-order valence-electron chi connectivity index (χ1n) is 6.02. The average Bonchev–Trinajstić information content (AvgIpc) is 2.79. The van der Waals surface area contributed by atoms with E-state index in [9.17, 15) is 9.90 Å². The van der Waals surface area contributed by atoms with Crippen LogP contribution in [0.4, 0.5) is 5.82 Å². The van der Waals surface area contributed by atoms with Crippen LogP contribution in [0.25, 0.3) is 0 Å². The Kier molecular flexibility index (Phi) is 4.06. The molecule has 0 radical (unpaired) electrons. The SMILES string of the molecule is C#CC(N)c1cn([C@H]2CC(O)[C@@H](CO)O2)c(=O)nc1N. The van der Waals surface area contributed by atoms with E-state index in [-0.39, 0.29) is 18.8 Å². The van der Waals surface area contributed by atoms with Crippen molar-refractivity contribution in [1.29, 1.82) is 0 Å². The fraction of sp³-hybridized carbons (Fsp3) is 0.500. The van der Waals surface area contributed by atoms with Gasteiger partial charge in [0.25, 0.3) is 0 Å². The monoisotopic (exact) mass is 280 g/mol. The van der Waals surface area contributed by atoms with Gasteiger partial charge in [-0.05, 0) is 0 Å². The van der Waals surface area contributed by atoms with Crippen molar-refractivity contribution in [3.63, 3.8) is 0 Å². The van der Waals surface area contributed by atoms with E-state index in [2.05, 4.69) is 10.9 Å². The summed E-state index contributed by atoms with van der Waals surface area (Å²) < 4.78 is 6.56. The molecule has 0 aliphatic carbocycles. The maximum atomic E-state index is 11.8. The molecule has 1 aliphatic heterocycles. The molecule has 0 aromatic carbocycles. The molecule has 0 bridgehead atoms. The molecule has 0 amide bonds.